The van der Waals surface area contributed by atoms with Gasteiger partial charge in [0.05, 0.1) is 24.7 Å². The number of ether oxygens (including phenoxy) is 3. The summed E-state index contributed by atoms with van der Waals surface area (Å²) in [5.74, 6) is -4.96. The fraction of sp³-hybridized carbons (Fsp3) is 0.750. The number of halogens is 1. The molecule has 250 valence electrons. The monoisotopic (exact) mass is 653 g/mol. The molecule has 13 heteroatoms. The average molecular weight is 654 g/mol. The number of aliphatic hydroxyl groups is 3. The van der Waals surface area contributed by atoms with Crippen molar-refractivity contribution in [1.29, 1.82) is 0 Å². The van der Waals surface area contributed by atoms with Gasteiger partial charge in [-0.05, 0) is 74.3 Å². The zero-order chi connectivity index (χ0) is 32.5. The van der Waals surface area contributed by atoms with Crippen LogP contribution < -0.4 is 10.1 Å². The number of aryl methyl sites for hydroxylation is 1. The van der Waals surface area contributed by atoms with Gasteiger partial charge in [-0.1, -0.05) is 26.0 Å². The number of amides is 1. The molecule has 7 rings (SSSR count). The number of rotatable bonds is 10. The highest BCUT2D eigenvalue weighted by Gasteiger charge is 2.78. The predicted octanol–water partition coefficient (Wildman–Crippen LogP) is 2.51. The molecular weight excluding hydrogens is 610 g/mol. The minimum absolute atomic E-state index is 0.102. The molecule has 9 atom stereocenters. The number of hydrogen-bond acceptors (Lipinski definition) is 10. The molecule has 6 aliphatic rings. The largest absolute Gasteiger partial charge is 0.476 e. The Labute approximate surface area is 267 Å². The number of carbonyl (C=O) groups excluding carboxylic acids is 1. The van der Waals surface area contributed by atoms with Gasteiger partial charge in [0.25, 0.3) is 5.79 Å². The summed E-state index contributed by atoms with van der Waals surface area (Å²) in [6.45, 7) is 4.74. The maximum atomic E-state index is 12.9. The van der Waals surface area contributed by atoms with Gasteiger partial charge in [0.2, 0.25) is 5.91 Å². The van der Waals surface area contributed by atoms with E-state index < -0.39 is 65.9 Å². The summed E-state index contributed by atoms with van der Waals surface area (Å²) in [5.41, 5.74) is 0.448. The van der Waals surface area contributed by atoms with Crippen molar-refractivity contribution in [2.24, 2.45) is 17.8 Å². The first kappa shape index (κ1) is 32.9. The molecular formula is C32H44ClNO11. The average Bonchev–Trinajstić information content (AvgIpc) is 2.96. The van der Waals surface area contributed by atoms with Crippen molar-refractivity contribution < 1.29 is 54.0 Å². The molecule has 5 N–H and O–H groups in total. The summed E-state index contributed by atoms with van der Waals surface area (Å²) >= 11 is 7.05. The number of carbonyl (C=O) groups is 2. The fourth-order valence-electron chi connectivity index (χ4n) is 9.03. The van der Waals surface area contributed by atoms with E-state index in [0.29, 0.717) is 23.5 Å². The number of carboxylic acid groups (broad SMARTS) is 1. The third-order valence-corrected chi connectivity index (χ3v) is 11.4. The van der Waals surface area contributed by atoms with Crippen LogP contribution in [0.5, 0.6) is 5.75 Å². The first-order valence-corrected chi connectivity index (χ1v) is 16.3. The van der Waals surface area contributed by atoms with E-state index in [9.17, 15) is 30.0 Å². The lowest BCUT2D eigenvalue weighted by molar-refractivity contribution is -0.645. The van der Waals surface area contributed by atoms with E-state index in [4.69, 9.17) is 35.6 Å². The Balaban J connectivity index is 1.37. The van der Waals surface area contributed by atoms with E-state index in [1.54, 1.807) is 20.1 Å². The number of methoxy groups -OCH3 is 1. The van der Waals surface area contributed by atoms with Crippen molar-refractivity contribution in [1.82, 2.24) is 5.32 Å². The number of nitrogens with one attached hydrogen (secondary N) is 1. The summed E-state index contributed by atoms with van der Waals surface area (Å²) < 4.78 is 18.4. The summed E-state index contributed by atoms with van der Waals surface area (Å²) in [7, 11) is 1.56. The van der Waals surface area contributed by atoms with Crippen LogP contribution in [0.25, 0.3) is 0 Å². The number of aliphatic hydroxyl groups excluding tert-OH is 3. The van der Waals surface area contributed by atoms with Gasteiger partial charge in [-0.3, -0.25) is 4.79 Å². The lowest BCUT2D eigenvalue weighted by atomic mass is 9.46. The van der Waals surface area contributed by atoms with E-state index in [2.05, 4.69) is 5.32 Å². The molecule has 4 aliphatic carbocycles. The minimum Gasteiger partial charge on any atom is -0.476 e. The molecule has 2 saturated heterocycles. The normalized spacial score (nSPS) is 43.0. The smallest absolute Gasteiger partial charge is 0.377 e. The maximum Gasteiger partial charge on any atom is 0.377 e. The van der Waals surface area contributed by atoms with Crippen molar-refractivity contribution >= 4 is 23.5 Å². The summed E-state index contributed by atoms with van der Waals surface area (Å²) in [6.07, 6.45) is -1.50. The zero-order valence-corrected chi connectivity index (χ0v) is 26.8. The van der Waals surface area contributed by atoms with Crippen molar-refractivity contribution in [2.75, 3.05) is 7.11 Å². The van der Waals surface area contributed by atoms with Gasteiger partial charge in [0, 0.05) is 24.5 Å². The van der Waals surface area contributed by atoms with Crippen LogP contribution >= 0.6 is 11.6 Å². The molecule has 0 radical (unpaired) electrons. The third kappa shape index (κ3) is 4.99. The number of benzene rings is 1. The number of aliphatic carboxylic acids is 1. The molecule has 1 amide bonds. The summed E-state index contributed by atoms with van der Waals surface area (Å²) in [6, 6.07) is 4.14. The Morgan fingerprint density at radius 1 is 1.11 bits per heavy atom. The SMILES string of the molecule is CCc1ccc(C2(OC)OOC23C2CC4CC3CC(Cl)(C4)C2)cc1OC1(C(=O)O)CC(O)C(NC(C)=O)C(C(O)C(O)CC)O1. The minimum atomic E-state index is -2.47. The molecule has 4 saturated carbocycles. The molecule has 1 aromatic rings. The molecule has 0 aromatic heterocycles. The van der Waals surface area contributed by atoms with Gasteiger partial charge in [-0.2, -0.15) is 4.89 Å². The number of hydrogen-bond donors (Lipinski definition) is 5. The standard InChI is InChI=1S/C32H44ClNO11/c1-5-18-7-8-19(32(41-4)31(44-45-32)20-9-17-10-21(31)14-29(33,12-17)13-20)11-24(18)42-30(28(39)40)15-23(37)25(34-16(3)35)27(43-30)26(38)22(36)6-2/h7-8,11,17,20-23,25-27,36-38H,5-6,9-10,12-15H2,1-4H3,(H,34,35)(H,39,40). The lowest BCUT2D eigenvalue weighted by Gasteiger charge is -2.70. The highest BCUT2D eigenvalue weighted by molar-refractivity contribution is 6.24. The van der Waals surface area contributed by atoms with Crippen LogP contribution in [0.1, 0.15) is 76.8 Å². The highest BCUT2D eigenvalue weighted by Crippen LogP contribution is 2.71. The molecule has 6 fully saturated rings. The van der Waals surface area contributed by atoms with Gasteiger partial charge in [0.15, 0.2) is 5.60 Å². The second-order valence-electron chi connectivity index (χ2n) is 13.7. The maximum absolute atomic E-state index is 12.9. The van der Waals surface area contributed by atoms with Crippen molar-refractivity contribution in [3.05, 3.63) is 29.3 Å². The summed E-state index contributed by atoms with van der Waals surface area (Å²) in [4.78, 5) is 36.6. The van der Waals surface area contributed by atoms with Gasteiger partial charge in [0.1, 0.15) is 18.0 Å². The van der Waals surface area contributed by atoms with Crippen LogP contribution in [0.15, 0.2) is 18.2 Å². The van der Waals surface area contributed by atoms with E-state index in [0.717, 1.165) is 32.1 Å². The second-order valence-corrected chi connectivity index (χ2v) is 14.5. The zero-order valence-electron chi connectivity index (χ0n) is 26.0. The Bertz CT molecular complexity index is 1310. The van der Waals surface area contributed by atoms with Gasteiger partial charge in [-0.15, -0.1) is 11.6 Å². The fourth-order valence-corrected chi connectivity index (χ4v) is 9.62. The Morgan fingerprint density at radius 3 is 2.31 bits per heavy atom. The first-order valence-electron chi connectivity index (χ1n) is 15.9. The molecule has 1 aromatic carbocycles. The summed E-state index contributed by atoms with van der Waals surface area (Å²) in [5, 5.41) is 45.6. The molecule has 2 heterocycles. The second kappa shape index (κ2) is 11.6. The van der Waals surface area contributed by atoms with Gasteiger partial charge >= 0.3 is 11.8 Å². The van der Waals surface area contributed by atoms with Crippen molar-refractivity contribution in [3.63, 3.8) is 0 Å². The molecule has 12 nitrogen and oxygen atoms in total. The van der Waals surface area contributed by atoms with Crippen LogP contribution in [0.4, 0.5) is 0 Å². The molecule has 2 aliphatic heterocycles. The topological polar surface area (TPSA) is 173 Å². The van der Waals surface area contributed by atoms with Crippen LogP contribution in [0.2, 0.25) is 0 Å². The molecule has 45 heavy (non-hydrogen) atoms. The molecule has 4 bridgehead atoms. The third-order valence-electron chi connectivity index (χ3n) is 10.9. The van der Waals surface area contributed by atoms with Crippen LogP contribution in [0.3, 0.4) is 0 Å². The van der Waals surface area contributed by atoms with Crippen LogP contribution in [0, 0.1) is 17.8 Å². The Kier molecular flexibility index (Phi) is 8.47. The Hall–Kier alpha value is -2.03. The van der Waals surface area contributed by atoms with Gasteiger partial charge < -0.3 is 40.0 Å². The van der Waals surface area contributed by atoms with Crippen LogP contribution in [-0.2, 0) is 41.0 Å². The first-order chi connectivity index (χ1) is 21.3. The molecule has 1 spiro atoms. The van der Waals surface area contributed by atoms with E-state index >= 15 is 0 Å². The number of alkyl halides is 1. The predicted molar refractivity (Wildman–Crippen MR) is 158 cm³/mol. The van der Waals surface area contributed by atoms with Crippen molar-refractivity contribution in [3.8, 4) is 5.75 Å². The molecule has 9 unspecified atom stereocenters. The Morgan fingerprint density at radius 2 is 1.80 bits per heavy atom. The van der Waals surface area contributed by atoms with E-state index in [1.165, 1.54) is 6.92 Å². The quantitative estimate of drug-likeness (QED) is 0.185. The highest BCUT2D eigenvalue weighted by atomic mass is 35.5. The van der Waals surface area contributed by atoms with E-state index in [1.807, 2.05) is 19.1 Å². The van der Waals surface area contributed by atoms with Crippen LogP contribution in [-0.4, -0.2) is 86.1 Å². The van der Waals surface area contributed by atoms with E-state index in [-0.39, 0.29) is 28.9 Å². The lowest BCUT2D eigenvalue weighted by Crippen LogP contribution is -2.78. The van der Waals surface area contributed by atoms with Crippen molar-refractivity contribution in [2.45, 2.75) is 125 Å². The van der Waals surface area contributed by atoms with Gasteiger partial charge in [-0.25, -0.2) is 9.68 Å². The number of carboxylic acids is 1.